The van der Waals surface area contributed by atoms with Gasteiger partial charge in [-0.1, -0.05) is 152 Å². The fourth-order valence-corrected chi connectivity index (χ4v) is 11.0. The number of fused-ring (bicyclic) bond motifs is 11. The molecule has 0 fully saturated rings. The number of benzene rings is 10. The molecule has 0 amide bonds. The molecule has 0 saturated heterocycles. The Balaban J connectivity index is 0.954. The van der Waals surface area contributed by atoms with Crippen LogP contribution in [0.15, 0.2) is 223 Å². The quantitative estimate of drug-likeness (QED) is 0.167. The first kappa shape index (κ1) is 34.9. The van der Waals surface area contributed by atoms with Gasteiger partial charge in [-0.3, -0.25) is 0 Å². The van der Waals surface area contributed by atoms with Crippen molar-refractivity contribution in [3.05, 3.63) is 218 Å². The second-order valence-corrected chi connectivity index (χ2v) is 17.1. The molecule has 13 aromatic rings. The van der Waals surface area contributed by atoms with E-state index in [0.717, 1.165) is 55.8 Å². The number of thiophene rings is 1. The highest BCUT2D eigenvalue weighted by Crippen LogP contribution is 2.46. The van der Waals surface area contributed by atoms with Crippen molar-refractivity contribution in [2.75, 3.05) is 4.90 Å². The molecule has 0 radical (unpaired) electrons. The summed E-state index contributed by atoms with van der Waals surface area (Å²) < 4.78 is 11.3. The SMILES string of the molecule is c1ccc(-n2c3cc(-c4ccc(N(c5ccc(-c6cccc7oc8ccccc8c67)cc5)c5cccc6c5sc5ccccc56)cc4)ccc3c3ccc4ccccc4c32)cc1. The summed E-state index contributed by atoms with van der Waals surface area (Å²) >= 11 is 1.86. The van der Waals surface area contributed by atoms with Gasteiger partial charge in [0.2, 0.25) is 0 Å². The van der Waals surface area contributed by atoms with E-state index in [9.17, 15) is 0 Å². The highest BCUT2D eigenvalue weighted by atomic mass is 32.1. The van der Waals surface area contributed by atoms with E-state index in [-0.39, 0.29) is 0 Å². The lowest BCUT2D eigenvalue weighted by atomic mass is 9.99. The predicted octanol–water partition coefficient (Wildman–Crippen LogP) is 17.0. The van der Waals surface area contributed by atoms with Gasteiger partial charge in [-0.15, -0.1) is 11.3 Å². The molecule has 3 heterocycles. The Hall–Kier alpha value is -7.92. The molecular weight excluding hydrogens is 773 g/mol. The maximum absolute atomic E-state index is 6.27. The standard InChI is InChI=1S/C58H36N2OS/c1-2-13-41(14-3-1)60-52-36-40(29-34-46(52)48-35-28-38-12-4-5-15-45(38)57(48)60)37-24-30-42(31-25-37)59(51-20-10-19-49-47-16-7-9-23-55(47)62-58(49)51)43-32-26-39(27-33-43)44-18-11-22-54-56(44)50-17-6-8-21-53(50)61-54/h1-36H. The van der Waals surface area contributed by atoms with E-state index in [1.165, 1.54) is 63.9 Å². The van der Waals surface area contributed by atoms with Gasteiger partial charge in [0.05, 0.1) is 21.4 Å². The van der Waals surface area contributed by atoms with Crippen molar-refractivity contribution in [3.63, 3.8) is 0 Å². The Morgan fingerprint density at radius 1 is 0.419 bits per heavy atom. The molecule has 3 aromatic heterocycles. The van der Waals surface area contributed by atoms with Crippen molar-refractivity contribution in [2.24, 2.45) is 0 Å². The number of nitrogens with zero attached hydrogens (tertiary/aromatic N) is 2. The van der Waals surface area contributed by atoms with Crippen LogP contribution in [0.25, 0.3) is 103 Å². The van der Waals surface area contributed by atoms with Crippen LogP contribution in [0, 0.1) is 0 Å². The van der Waals surface area contributed by atoms with Crippen LogP contribution in [0.1, 0.15) is 0 Å². The minimum absolute atomic E-state index is 0.903. The van der Waals surface area contributed by atoms with Gasteiger partial charge >= 0.3 is 0 Å². The van der Waals surface area contributed by atoms with Gasteiger partial charge in [0.25, 0.3) is 0 Å². The van der Waals surface area contributed by atoms with Crippen molar-refractivity contribution < 1.29 is 4.42 Å². The van der Waals surface area contributed by atoms with Crippen LogP contribution in [0.5, 0.6) is 0 Å². The first-order valence-electron chi connectivity index (χ1n) is 21.1. The number of hydrogen-bond acceptors (Lipinski definition) is 3. The van der Waals surface area contributed by atoms with E-state index in [1.54, 1.807) is 0 Å². The van der Waals surface area contributed by atoms with Crippen LogP contribution in [0.4, 0.5) is 17.1 Å². The minimum Gasteiger partial charge on any atom is -0.456 e. The maximum atomic E-state index is 6.27. The van der Waals surface area contributed by atoms with Crippen LogP contribution >= 0.6 is 11.3 Å². The average Bonchev–Trinajstić information content (AvgIpc) is 4.02. The van der Waals surface area contributed by atoms with Crippen molar-refractivity contribution >= 4 is 103 Å². The normalized spacial score (nSPS) is 11.9. The van der Waals surface area contributed by atoms with E-state index < -0.39 is 0 Å². The number of para-hydroxylation sites is 2. The molecule has 0 N–H and O–H groups in total. The minimum atomic E-state index is 0.903. The molecule has 0 saturated carbocycles. The Bertz CT molecular complexity index is 3860. The molecule has 3 nitrogen and oxygen atoms in total. The van der Waals surface area contributed by atoms with E-state index in [0.29, 0.717) is 0 Å². The zero-order chi connectivity index (χ0) is 40.7. The highest BCUT2D eigenvalue weighted by molar-refractivity contribution is 7.26. The fraction of sp³-hybridized carbons (Fsp3) is 0. The molecule has 0 spiro atoms. The Kier molecular flexibility index (Phi) is 7.78. The van der Waals surface area contributed by atoms with Crippen LogP contribution in [-0.4, -0.2) is 4.57 Å². The van der Waals surface area contributed by atoms with Crippen molar-refractivity contribution in [3.8, 4) is 27.9 Å². The summed E-state index contributed by atoms with van der Waals surface area (Å²) in [4.78, 5) is 2.42. The summed E-state index contributed by atoms with van der Waals surface area (Å²) in [6, 6.07) is 79.2. The first-order valence-corrected chi connectivity index (χ1v) is 21.9. The number of anilines is 3. The molecule has 0 bridgehead atoms. The smallest absolute Gasteiger partial charge is 0.136 e. The molecule has 0 unspecified atom stereocenters. The zero-order valence-corrected chi connectivity index (χ0v) is 34.3. The molecule has 290 valence electrons. The number of rotatable bonds is 6. The molecule has 0 atom stereocenters. The van der Waals surface area contributed by atoms with Gasteiger partial charge < -0.3 is 13.9 Å². The lowest BCUT2D eigenvalue weighted by Gasteiger charge is -2.26. The second-order valence-electron chi connectivity index (χ2n) is 16.0. The molecule has 0 aliphatic carbocycles. The van der Waals surface area contributed by atoms with Crippen molar-refractivity contribution in [1.82, 2.24) is 4.57 Å². The first-order chi connectivity index (χ1) is 30.7. The Morgan fingerprint density at radius 3 is 1.90 bits per heavy atom. The molecule has 62 heavy (non-hydrogen) atoms. The summed E-state index contributed by atoms with van der Waals surface area (Å²) in [7, 11) is 0. The molecule has 13 rings (SSSR count). The Morgan fingerprint density at radius 2 is 1.06 bits per heavy atom. The van der Waals surface area contributed by atoms with Gasteiger partial charge in [-0.25, -0.2) is 0 Å². The third-order valence-corrected chi connectivity index (χ3v) is 13.8. The van der Waals surface area contributed by atoms with E-state index in [1.807, 2.05) is 23.5 Å². The van der Waals surface area contributed by atoms with Crippen LogP contribution < -0.4 is 4.90 Å². The summed E-state index contributed by atoms with van der Waals surface area (Å²) in [5, 5.41) is 9.85. The van der Waals surface area contributed by atoms with Crippen LogP contribution in [-0.2, 0) is 0 Å². The predicted molar refractivity (Wildman–Crippen MR) is 264 cm³/mol. The average molecular weight is 809 g/mol. The summed E-state index contributed by atoms with van der Waals surface area (Å²) in [5.41, 5.74) is 13.4. The zero-order valence-electron chi connectivity index (χ0n) is 33.5. The number of hydrogen-bond donors (Lipinski definition) is 0. The fourth-order valence-electron chi connectivity index (χ4n) is 9.75. The molecule has 10 aromatic carbocycles. The number of furan rings is 1. The van der Waals surface area contributed by atoms with Crippen LogP contribution in [0.3, 0.4) is 0 Å². The van der Waals surface area contributed by atoms with Crippen molar-refractivity contribution in [1.29, 1.82) is 0 Å². The molecule has 0 aliphatic heterocycles. The summed E-state index contributed by atoms with van der Waals surface area (Å²) in [6.07, 6.45) is 0. The van der Waals surface area contributed by atoms with Gasteiger partial charge in [0.15, 0.2) is 0 Å². The van der Waals surface area contributed by atoms with Gasteiger partial charge in [0, 0.05) is 59.5 Å². The topological polar surface area (TPSA) is 21.3 Å². The maximum Gasteiger partial charge on any atom is 0.136 e. The van der Waals surface area contributed by atoms with Gasteiger partial charge in [-0.05, 0) is 94.4 Å². The van der Waals surface area contributed by atoms with Crippen molar-refractivity contribution in [2.45, 2.75) is 0 Å². The van der Waals surface area contributed by atoms with E-state index in [2.05, 4.69) is 216 Å². The van der Waals surface area contributed by atoms with Gasteiger partial charge in [-0.2, -0.15) is 0 Å². The second kappa shape index (κ2) is 13.8. The van der Waals surface area contributed by atoms with Gasteiger partial charge in [0.1, 0.15) is 11.2 Å². The number of aromatic nitrogens is 1. The largest absolute Gasteiger partial charge is 0.456 e. The highest BCUT2D eigenvalue weighted by Gasteiger charge is 2.20. The van der Waals surface area contributed by atoms with E-state index >= 15 is 0 Å². The lowest BCUT2D eigenvalue weighted by Crippen LogP contribution is -2.10. The molecule has 4 heteroatoms. The van der Waals surface area contributed by atoms with E-state index in [4.69, 9.17) is 4.42 Å². The lowest BCUT2D eigenvalue weighted by molar-refractivity contribution is 0.669. The molecular formula is C58H36N2OS. The Labute approximate surface area is 361 Å². The molecule has 0 aliphatic rings. The third-order valence-electron chi connectivity index (χ3n) is 12.6. The monoisotopic (exact) mass is 808 g/mol. The third kappa shape index (κ3) is 5.37. The summed E-state index contributed by atoms with van der Waals surface area (Å²) in [6.45, 7) is 0. The summed E-state index contributed by atoms with van der Waals surface area (Å²) in [5.74, 6) is 0. The van der Waals surface area contributed by atoms with Crippen LogP contribution in [0.2, 0.25) is 0 Å².